The minimum atomic E-state index is -0.615. The van der Waals surface area contributed by atoms with E-state index in [1.165, 1.54) is 11.8 Å². The van der Waals surface area contributed by atoms with E-state index in [0.29, 0.717) is 32.3 Å². The van der Waals surface area contributed by atoms with Crippen LogP contribution in [-0.4, -0.2) is 32.3 Å². The second-order valence-electron chi connectivity index (χ2n) is 8.14. The molecule has 3 N–H and O–H groups in total. The zero-order valence-corrected chi connectivity index (χ0v) is 22.6. The van der Waals surface area contributed by atoms with E-state index >= 15 is 0 Å². The number of nitrogens with one attached hydrogen (secondary N) is 1. The normalized spacial score (nSPS) is 10.9. The molecule has 0 spiro atoms. The number of primary amides is 1. The average Bonchev–Trinajstić information content (AvgIpc) is 3.30. The van der Waals surface area contributed by atoms with Crippen molar-refractivity contribution in [1.82, 2.24) is 14.8 Å². The Labute approximate surface area is 229 Å². The van der Waals surface area contributed by atoms with Gasteiger partial charge >= 0.3 is 0 Å². The average molecular weight is 555 g/mol. The fourth-order valence-electron chi connectivity index (χ4n) is 4.04. The van der Waals surface area contributed by atoms with Gasteiger partial charge in [-0.2, -0.15) is 0 Å². The number of hydrogen-bond donors (Lipinski definition) is 2. The van der Waals surface area contributed by atoms with Crippen LogP contribution in [-0.2, 0) is 17.6 Å². The summed E-state index contributed by atoms with van der Waals surface area (Å²) in [5.41, 5.74) is 9.93. The number of nitrogens with zero attached hydrogens (tertiary/aromatic N) is 3. The van der Waals surface area contributed by atoms with Crippen molar-refractivity contribution < 1.29 is 9.59 Å². The number of rotatable bonds is 9. The Morgan fingerprint density at radius 1 is 0.973 bits per heavy atom. The highest BCUT2D eigenvalue weighted by Gasteiger charge is 2.23. The molecule has 0 saturated carbocycles. The Bertz CT molecular complexity index is 1450. The Kier molecular flexibility index (Phi) is 8.53. The summed E-state index contributed by atoms with van der Waals surface area (Å²) >= 11 is 13.9. The van der Waals surface area contributed by atoms with Gasteiger partial charge in [0.2, 0.25) is 5.91 Å². The molecule has 0 aliphatic carbocycles. The van der Waals surface area contributed by atoms with Gasteiger partial charge in [0, 0.05) is 10.6 Å². The van der Waals surface area contributed by atoms with Gasteiger partial charge in [0.05, 0.1) is 27.7 Å². The van der Waals surface area contributed by atoms with Crippen LogP contribution in [0, 0.1) is 0 Å². The molecule has 10 heteroatoms. The monoisotopic (exact) mass is 553 g/mol. The number of anilines is 1. The van der Waals surface area contributed by atoms with E-state index in [1.807, 2.05) is 16.7 Å². The first-order valence-corrected chi connectivity index (χ1v) is 13.4. The molecular weight excluding hydrogens is 529 g/mol. The molecule has 2 amide bonds. The summed E-state index contributed by atoms with van der Waals surface area (Å²) in [6.07, 6.45) is 1.59. The SMILES string of the molecule is CCc1cccc(CC)c1-n1c(SCC(=O)Nc2ccccc2C(N)=O)nnc1-c1ccc(Cl)cc1Cl. The molecule has 190 valence electrons. The molecule has 37 heavy (non-hydrogen) atoms. The van der Waals surface area contributed by atoms with Crippen LogP contribution in [0.4, 0.5) is 5.69 Å². The van der Waals surface area contributed by atoms with Crippen LogP contribution in [0.25, 0.3) is 17.1 Å². The fourth-order valence-corrected chi connectivity index (χ4v) is 5.27. The molecule has 7 nitrogen and oxygen atoms in total. The first-order valence-electron chi connectivity index (χ1n) is 11.7. The predicted octanol–water partition coefficient (Wildman–Crippen LogP) is 6.20. The molecule has 0 fully saturated rings. The summed E-state index contributed by atoms with van der Waals surface area (Å²) in [6.45, 7) is 4.18. The second-order valence-corrected chi connectivity index (χ2v) is 9.93. The van der Waals surface area contributed by atoms with Gasteiger partial charge in [-0.1, -0.05) is 79.1 Å². The van der Waals surface area contributed by atoms with Gasteiger partial charge in [0.1, 0.15) is 0 Å². The summed E-state index contributed by atoms with van der Waals surface area (Å²) in [6, 6.07) is 18.0. The third-order valence-electron chi connectivity index (χ3n) is 5.79. The van der Waals surface area contributed by atoms with Gasteiger partial charge in [-0.3, -0.25) is 14.2 Å². The largest absolute Gasteiger partial charge is 0.366 e. The van der Waals surface area contributed by atoms with Crippen LogP contribution >= 0.6 is 35.0 Å². The Morgan fingerprint density at radius 3 is 2.32 bits per heavy atom. The minimum Gasteiger partial charge on any atom is -0.366 e. The van der Waals surface area contributed by atoms with Crippen molar-refractivity contribution in [2.45, 2.75) is 31.8 Å². The zero-order chi connectivity index (χ0) is 26.5. The van der Waals surface area contributed by atoms with Gasteiger partial charge in [-0.05, 0) is 54.3 Å². The van der Waals surface area contributed by atoms with Crippen molar-refractivity contribution in [2.24, 2.45) is 5.73 Å². The maximum Gasteiger partial charge on any atom is 0.250 e. The van der Waals surface area contributed by atoms with Crippen LogP contribution in [0.1, 0.15) is 35.3 Å². The van der Waals surface area contributed by atoms with Gasteiger partial charge < -0.3 is 11.1 Å². The highest BCUT2D eigenvalue weighted by atomic mass is 35.5. The van der Waals surface area contributed by atoms with Crippen LogP contribution in [0.2, 0.25) is 10.0 Å². The fraction of sp³-hybridized carbons (Fsp3) is 0.185. The highest BCUT2D eigenvalue weighted by Crippen LogP contribution is 2.36. The van der Waals surface area contributed by atoms with Crippen LogP contribution in [0.5, 0.6) is 0 Å². The number of para-hydroxylation sites is 2. The lowest BCUT2D eigenvalue weighted by Gasteiger charge is -2.18. The number of nitrogens with two attached hydrogens (primary N) is 1. The maximum atomic E-state index is 12.8. The van der Waals surface area contributed by atoms with Crippen LogP contribution < -0.4 is 11.1 Å². The van der Waals surface area contributed by atoms with Gasteiger partial charge in [0.25, 0.3) is 5.91 Å². The maximum absolute atomic E-state index is 12.8. The standard InChI is InChI=1S/C27H25Cl2N5O2S/c1-3-16-8-7-9-17(4-2)24(16)34-26(19-13-12-18(28)14-21(19)29)32-33-27(34)37-15-23(35)31-22-11-6-5-10-20(22)25(30)36/h5-14H,3-4,15H2,1-2H3,(H2,30,36)(H,31,35). The molecule has 0 aliphatic rings. The van der Waals surface area contributed by atoms with E-state index in [0.717, 1.165) is 29.7 Å². The summed E-state index contributed by atoms with van der Waals surface area (Å²) in [5.74, 6) is -0.330. The molecule has 0 saturated heterocycles. The molecule has 1 aromatic heterocycles. The Hall–Kier alpha value is -3.33. The smallest absolute Gasteiger partial charge is 0.250 e. The lowest BCUT2D eigenvalue weighted by Crippen LogP contribution is -2.19. The lowest BCUT2D eigenvalue weighted by molar-refractivity contribution is -0.113. The first-order chi connectivity index (χ1) is 17.8. The van der Waals surface area contributed by atoms with Crippen molar-refractivity contribution in [3.05, 3.63) is 87.4 Å². The molecule has 0 bridgehead atoms. The lowest BCUT2D eigenvalue weighted by atomic mass is 10.0. The molecule has 4 aromatic rings. The number of amides is 2. The van der Waals surface area contributed by atoms with Gasteiger partial charge in [-0.25, -0.2) is 0 Å². The van der Waals surface area contributed by atoms with E-state index in [4.69, 9.17) is 28.9 Å². The molecule has 0 radical (unpaired) electrons. The van der Waals surface area contributed by atoms with E-state index in [-0.39, 0.29) is 17.2 Å². The third kappa shape index (κ3) is 5.82. The van der Waals surface area contributed by atoms with Crippen molar-refractivity contribution in [2.75, 3.05) is 11.1 Å². The van der Waals surface area contributed by atoms with Crippen LogP contribution in [0.3, 0.4) is 0 Å². The van der Waals surface area contributed by atoms with E-state index in [9.17, 15) is 9.59 Å². The third-order valence-corrected chi connectivity index (χ3v) is 7.27. The number of benzene rings is 3. The van der Waals surface area contributed by atoms with Crippen molar-refractivity contribution >= 4 is 52.5 Å². The molecule has 3 aromatic carbocycles. The van der Waals surface area contributed by atoms with Gasteiger partial charge in [-0.15, -0.1) is 10.2 Å². The number of carbonyl (C=O) groups is 2. The van der Waals surface area contributed by atoms with Crippen LogP contribution in [0.15, 0.2) is 65.8 Å². The Morgan fingerprint density at radius 2 is 1.68 bits per heavy atom. The summed E-state index contributed by atoms with van der Waals surface area (Å²) in [7, 11) is 0. The van der Waals surface area contributed by atoms with Gasteiger partial charge in [0.15, 0.2) is 11.0 Å². The number of carbonyl (C=O) groups excluding carboxylic acids is 2. The minimum absolute atomic E-state index is 0.0370. The summed E-state index contributed by atoms with van der Waals surface area (Å²) < 4.78 is 1.96. The molecule has 4 rings (SSSR count). The van der Waals surface area contributed by atoms with Crippen molar-refractivity contribution in [1.29, 1.82) is 0 Å². The zero-order valence-electron chi connectivity index (χ0n) is 20.3. The summed E-state index contributed by atoms with van der Waals surface area (Å²) in [5, 5.41) is 13.2. The second kappa shape index (κ2) is 11.8. The van der Waals surface area contributed by atoms with Crippen molar-refractivity contribution in [3.8, 4) is 17.1 Å². The number of aromatic nitrogens is 3. The molecule has 0 atom stereocenters. The summed E-state index contributed by atoms with van der Waals surface area (Å²) in [4.78, 5) is 24.6. The predicted molar refractivity (Wildman–Crippen MR) is 150 cm³/mol. The highest BCUT2D eigenvalue weighted by molar-refractivity contribution is 7.99. The number of halogens is 2. The molecule has 0 unspecified atom stereocenters. The number of thioether (sulfide) groups is 1. The molecule has 1 heterocycles. The first kappa shape index (κ1) is 26.7. The van der Waals surface area contributed by atoms with E-state index < -0.39 is 5.91 Å². The molecule has 0 aliphatic heterocycles. The topological polar surface area (TPSA) is 103 Å². The van der Waals surface area contributed by atoms with Crippen molar-refractivity contribution in [3.63, 3.8) is 0 Å². The van der Waals surface area contributed by atoms with E-state index in [1.54, 1.807) is 36.4 Å². The number of hydrogen-bond acceptors (Lipinski definition) is 5. The van der Waals surface area contributed by atoms with E-state index in [2.05, 4.69) is 41.5 Å². The quantitative estimate of drug-likeness (QED) is 0.240. The molecular formula is C27H25Cl2N5O2S. The Balaban J connectivity index is 1.74. The number of aryl methyl sites for hydroxylation is 2.